The van der Waals surface area contributed by atoms with Gasteiger partial charge in [0.15, 0.2) is 0 Å². The molecule has 2 N–H and O–H groups in total. The number of alkyl halides is 2. The maximum Gasteiger partial charge on any atom is 0.265 e. The Bertz CT molecular complexity index is 596. The van der Waals surface area contributed by atoms with Crippen LogP contribution in [0.4, 0.5) is 8.78 Å². The molecule has 0 radical (unpaired) electrons. The van der Waals surface area contributed by atoms with Crippen molar-refractivity contribution in [2.45, 2.75) is 24.3 Å². The van der Waals surface area contributed by atoms with E-state index < -0.39 is 29.1 Å². The van der Waals surface area contributed by atoms with E-state index in [0.29, 0.717) is 5.56 Å². The third-order valence-electron chi connectivity index (χ3n) is 2.38. The van der Waals surface area contributed by atoms with Crippen LogP contribution in [0.3, 0.4) is 0 Å². The second-order valence-corrected chi connectivity index (χ2v) is 5.58. The highest BCUT2D eigenvalue weighted by Crippen LogP contribution is 2.16. The number of nitrogens with one attached hydrogen (secondary N) is 1. The molecule has 0 aromatic heterocycles. The Balaban J connectivity index is 2.98. The fourth-order valence-corrected chi connectivity index (χ4v) is 2.64. The molecule has 0 aliphatic heterocycles. The lowest BCUT2D eigenvalue weighted by atomic mass is 10.2. The number of aliphatic hydroxyl groups is 1. The lowest BCUT2D eigenvalue weighted by Gasteiger charge is -2.12. The summed E-state index contributed by atoms with van der Waals surface area (Å²) in [6.07, 6.45) is -5.11. The normalized spacial score (nSPS) is 13.3. The van der Waals surface area contributed by atoms with Gasteiger partial charge in [0.1, 0.15) is 6.10 Å². The summed E-state index contributed by atoms with van der Waals surface area (Å²) in [5.74, 6) is 0. The fraction of sp³-hybridized carbons (Fsp3) is 0.364. The Morgan fingerprint density at radius 3 is 2.63 bits per heavy atom. The summed E-state index contributed by atoms with van der Waals surface area (Å²) in [4.78, 5) is -0.173. The van der Waals surface area contributed by atoms with E-state index in [1.807, 2.05) is 4.72 Å². The molecule has 1 aromatic carbocycles. The average molecular weight is 290 g/mol. The molecule has 19 heavy (non-hydrogen) atoms. The van der Waals surface area contributed by atoms with Crippen molar-refractivity contribution >= 4 is 10.0 Å². The third-order valence-corrected chi connectivity index (χ3v) is 3.95. The molecule has 0 aliphatic rings. The number of nitriles is 1. The second kappa shape index (κ2) is 6.06. The number of benzene rings is 1. The predicted molar refractivity (Wildman–Crippen MR) is 63.1 cm³/mol. The lowest BCUT2D eigenvalue weighted by Crippen LogP contribution is -2.36. The molecule has 0 amide bonds. The number of hydrogen-bond acceptors (Lipinski definition) is 4. The van der Waals surface area contributed by atoms with E-state index in [2.05, 4.69) is 0 Å². The van der Waals surface area contributed by atoms with Crippen LogP contribution >= 0.6 is 0 Å². The molecule has 0 saturated heterocycles. The zero-order chi connectivity index (χ0) is 14.6. The molecule has 0 heterocycles. The Morgan fingerprint density at radius 1 is 1.47 bits per heavy atom. The van der Waals surface area contributed by atoms with Crippen molar-refractivity contribution in [3.8, 4) is 6.07 Å². The smallest absolute Gasteiger partial charge is 0.265 e. The van der Waals surface area contributed by atoms with E-state index in [1.54, 1.807) is 6.07 Å². The summed E-state index contributed by atoms with van der Waals surface area (Å²) >= 11 is 0. The first kappa shape index (κ1) is 15.5. The van der Waals surface area contributed by atoms with E-state index in [0.717, 1.165) is 6.07 Å². The topological polar surface area (TPSA) is 90.2 Å². The third kappa shape index (κ3) is 3.96. The van der Waals surface area contributed by atoms with Gasteiger partial charge in [0.05, 0.1) is 16.5 Å². The minimum atomic E-state index is -4.05. The first-order chi connectivity index (χ1) is 8.77. The van der Waals surface area contributed by atoms with Crippen LogP contribution in [0.15, 0.2) is 23.1 Å². The van der Waals surface area contributed by atoms with Crippen LogP contribution in [0.25, 0.3) is 0 Å². The SMILES string of the molecule is Cc1ccc(C#N)cc1S(=O)(=O)NCC(O)C(F)F. The van der Waals surface area contributed by atoms with Gasteiger partial charge in [-0.2, -0.15) is 5.26 Å². The molecular weight excluding hydrogens is 278 g/mol. The van der Waals surface area contributed by atoms with Crippen molar-refractivity contribution in [1.29, 1.82) is 5.26 Å². The highest BCUT2D eigenvalue weighted by molar-refractivity contribution is 7.89. The summed E-state index contributed by atoms with van der Waals surface area (Å²) in [5, 5.41) is 17.6. The molecule has 8 heteroatoms. The molecule has 0 aliphatic carbocycles. The van der Waals surface area contributed by atoms with Crippen molar-refractivity contribution in [3.05, 3.63) is 29.3 Å². The lowest BCUT2D eigenvalue weighted by molar-refractivity contribution is -0.000452. The van der Waals surface area contributed by atoms with Crippen molar-refractivity contribution in [1.82, 2.24) is 4.72 Å². The van der Waals surface area contributed by atoms with Gasteiger partial charge in [-0.3, -0.25) is 0 Å². The monoisotopic (exact) mass is 290 g/mol. The van der Waals surface area contributed by atoms with Gasteiger partial charge in [-0.1, -0.05) is 6.07 Å². The largest absolute Gasteiger partial charge is 0.386 e. The van der Waals surface area contributed by atoms with Crippen LogP contribution < -0.4 is 4.72 Å². The van der Waals surface area contributed by atoms with Crippen LogP contribution in [-0.2, 0) is 10.0 Å². The number of aryl methyl sites for hydroxylation is 1. The predicted octanol–water partition coefficient (Wildman–Crippen LogP) is 0.771. The standard InChI is InChI=1S/C11H12F2N2O3S/c1-7-2-3-8(5-14)4-10(7)19(17,18)15-6-9(16)11(12)13/h2-4,9,11,15-16H,6H2,1H3. The second-order valence-electron chi connectivity index (χ2n) is 3.85. The molecule has 5 nitrogen and oxygen atoms in total. The zero-order valence-electron chi connectivity index (χ0n) is 9.97. The number of rotatable bonds is 5. The average Bonchev–Trinajstić information content (AvgIpc) is 2.36. The van der Waals surface area contributed by atoms with Crippen molar-refractivity contribution in [2.75, 3.05) is 6.54 Å². The Labute approximate surface area is 109 Å². The Morgan fingerprint density at radius 2 is 2.11 bits per heavy atom. The molecular formula is C11H12F2N2O3S. The Kier molecular flexibility index (Phi) is 4.94. The fourth-order valence-electron chi connectivity index (χ4n) is 1.32. The quantitative estimate of drug-likeness (QED) is 0.838. The summed E-state index contributed by atoms with van der Waals surface area (Å²) in [6.45, 7) is 0.718. The first-order valence-electron chi connectivity index (χ1n) is 5.24. The maximum atomic E-state index is 12.1. The summed E-state index contributed by atoms with van der Waals surface area (Å²) in [7, 11) is -4.05. The van der Waals surface area contributed by atoms with Gasteiger partial charge in [-0.15, -0.1) is 0 Å². The highest BCUT2D eigenvalue weighted by Gasteiger charge is 2.22. The molecule has 1 rings (SSSR count). The van der Waals surface area contributed by atoms with Crippen LogP contribution in [-0.4, -0.2) is 32.6 Å². The zero-order valence-corrected chi connectivity index (χ0v) is 10.8. The molecule has 0 spiro atoms. The van der Waals surface area contributed by atoms with Gasteiger partial charge in [0, 0.05) is 6.54 Å². The van der Waals surface area contributed by atoms with Gasteiger partial charge < -0.3 is 5.11 Å². The van der Waals surface area contributed by atoms with E-state index in [-0.39, 0.29) is 10.5 Å². The van der Waals surface area contributed by atoms with Gasteiger partial charge in [0.2, 0.25) is 10.0 Å². The van der Waals surface area contributed by atoms with E-state index in [1.165, 1.54) is 19.1 Å². The molecule has 1 aromatic rings. The number of halogens is 2. The van der Waals surface area contributed by atoms with Crippen molar-refractivity contribution < 1.29 is 22.3 Å². The highest BCUT2D eigenvalue weighted by atomic mass is 32.2. The number of nitrogens with zero attached hydrogens (tertiary/aromatic N) is 1. The van der Waals surface area contributed by atoms with E-state index in [4.69, 9.17) is 10.4 Å². The summed E-state index contributed by atoms with van der Waals surface area (Å²) in [5.41, 5.74) is 0.512. The van der Waals surface area contributed by atoms with Crippen LogP contribution in [0.5, 0.6) is 0 Å². The molecule has 1 unspecified atom stereocenters. The van der Waals surface area contributed by atoms with Gasteiger partial charge in [0.25, 0.3) is 6.43 Å². The van der Waals surface area contributed by atoms with Gasteiger partial charge in [-0.05, 0) is 24.6 Å². The summed E-state index contributed by atoms with van der Waals surface area (Å²) < 4.78 is 49.8. The molecule has 0 fully saturated rings. The minimum Gasteiger partial charge on any atom is -0.386 e. The molecule has 0 saturated carbocycles. The van der Waals surface area contributed by atoms with Gasteiger partial charge >= 0.3 is 0 Å². The molecule has 1 atom stereocenters. The number of hydrogen-bond donors (Lipinski definition) is 2. The van der Waals surface area contributed by atoms with Crippen molar-refractivity contribution in [2.24, 2.45) is 0 Å². The maximum absolute atomic E-state index is 12.1. The van der Waals surface area contributed by atoms with Gasteiger partial charge in [-0.25, -0.2) is 21.9 Å². The first-order valence-corrected chi connectivity index (χ1v) is 6.73. The van der Waals surface area contributed by atoms with Crippen LogP contribution in [0.2, 0.25) is 0 Å². The van der Waals surface area contributed by atoms with E-state index in [9.17, 15) is 17.2 Å². The molecule has 0 bridgehead atoms. The van der Waals surface area contributed by atoms with E-state index >= 15 is 0 Å². The Hall–Kier alpha value is -1.56. The van der Waals surface area contributed by atoms with Crippen LogP contribution in [0.1, 0.15) is 11.1 Å². The number of aliphatic hydroxyl groups excluding tert-OH is 1. The minimum absolute atomic E-state index is 0.139. The van der Waals surface area contributed by atoms with Crippen molar-refractivity contribution in [3.63, 3.8) is 0 Å². The summed E-state index contributed by atoms with van der Waals surface area (Å²) in [6, 6.07) is 5.82. The van der Waals surface area contributed by atoms with Crippen LogP contribution in [0, 0.1) is 18.3 Å². The number of sulfonamides is 1. The molecule has 104 valence electrons.